The Hall–Kier alpha value is -2.87. The molecule has 8 heteroatoms. The number of hydrogen-bond acceptors (Lipinski definition) is 6. The Morgan fingerprint density at radius 2 is 1.96 bits per heavy atom. The fraction of sp³-hybridized carbons (Fsp3) is 0.0667. The van der Waals surface area contributed by atoms with Crippen LogP contribution in [-0.4, -0.2) is 19.8 Å². The van der Waals surface area contributed by atoms with Gasteiger partial charge in [-0.3, -0.25) is 10.1 Å². The highest BCUT2D eigenvalue weighted by Gasteiger charge is 2.28. The van der Waals surface area contributed by atoms with E-state index in [4.69, 9.17) is 0 Å². The van der Waals surface area contributed by atoms with Crippen LogP contribution in [0.1, 0.15) is 10.9 Å². The minimum absolute atomic E-state index is 0.0795. The first kappa shape index (κ1) is 13.8. The molecule has 0 fully saturated rings. The first-order valence-corrected chi connectivity index (χ1v) is 7.79. The summed E-state index contributed by atoms with van der Waals surface area (Å²) in [5.41, 5.74) is 5.16. The van der Waals surface area contributed by atoms with E-state index in [1.807, 2.05) is 41.1 Å². The van der Waals surface area contributed by atoms with Crippen LogP contribution in [0.4, 0.5) is 5.69 Å². The molecular formula is C15H11N5O2S. The van der Waals surface area contributed by atoms with Crippen LogP contribution >= 0.6 is 11.8 Å². The molecule has 0 bridgehead atoms. The van der Waals surface area contributed by atoms with Crippen molar-refractivity contribution in [1.82, 2.24) is 14.9 Å². The third-order valence-electron chi connectivity index (χ3n) is 3.52. The number of hydrogen-bond donors (Lipinski definition) is 1. The van der Waals surface area contributed by atoms with Crippen molar-refractivity contribution >= 4 is 17.4 Å². The lowest BCUT2D eigenvalue weighted by Gasteiger charge is -2.12. The van der Waals surface area contributed by atoms with E-state index >= 15 is 0 Å². The fourth-order valence-electron chi connectivity index (χ4n) is 2.43. The number of nitro benzene ring substituents is 1. The molecule has 1 N–H and O–H groups in total. The Bertz CT molecular complexity index is 881. The molecule has 1 aliphatic heterocycles. The van der Waals surface area contributed by atoms with Crippen LogP contribution in [0, 0.1) is 10.1 Å². The lowest BCUT2D eigenvalue weighted by Crippen LogP contribution is -2.13. The van der Waals surface area contributed by atoms with E-state index in [9.17, 15) is 10.1 Å². The van der Waals surface area contributed by atoms with Crippen LogP contribution in [0.15, 0.2) is 59.8 Å². The molecule has 0 amide bonds. The van der Waals surface area contributed by atoms with Crippen molar-refractivity contribution < 1.29 is 4.92 Å². The lowest BCUT2D eigenvalue weighted by molar-refractivity contribution is -0.384. The minimum atomic E-state index is -0.390. The van der Waals surface area contributed by atoms with E-state index in [0.717, 1.165) is 22.1 Å². The summed E-state index contributed by atoms with van der Waals surface area (Å²) in [4.78, 5) is 10.5. The van der Waals surface area contributed by atoms with E-state index in [1.165, 1.54) is 17.8 Å². The summed E-state index contributed by atoms with van der Waals surface area (Å²) in [5, 5.41) is 19.9. The monoisotopic (exact) mass is 325 g/mol. The molecule has 2 aromatic carbocycles. The molecule has 1 aliphatic rings. The van der Waals surface area contributed by atoms with Crippen LogP contribution in [0.3, 0.4) is 0 Å². The predicted octanol–water partition coefficient (Wildman–Crippen LogP) is 3.20. The molecule has 0 unspecified atom stereocenters. The summed E-state index contributed by atoms with van der Waals surface area (Å²) >= 11 is 1.48. The predicted molar refractivity (Wildman–Crippen MR) is 86.5 cm³/mol. The first-order chi connectivity index (χ1) is 11.2. The number of aromatic nitrogens is 3. The van der Waals surface area contributed by atoms with Gasteiger partial charge in [-0.25, -0.2) is 4.68 Å². The number of benzene rings is 2. The number of rotatable bonds is 3. The standard InChI is InChI=1S/C15H11N5O2S/c21-20(22)12-8-4-7-11(9-12)14-18-19-13(16-17-15(19)23-14)10-5-2-1-3-6-10/h1-9,14,18H/t14-/m1/s1. The van der Waals surface area contributed by atoms with Crippen molar-refractivity contribution in [1.29, 1.82) is 0 Å². The maximum Gasteiger partial charge on any atom is 0.269 e. The average molecular weight is 325 g/mol. The smallest absolute Gasteiger partial charge is 0.269 e. The van der Waals surface area contributed by atoms with Gasteiger partial charge in [0.25, 0.3) is 5.69 Å². The molecule has 0 saturated heterocycles. The van der Waals surface area contributed by atoms with Gasteiger partial charge < -0.3 is 5.43 Å². The summed E-state index contributed by atoms with van der Waals surface area (Å²) in [6, 6.07) is 16.4. The van der Waals surface area contributed by atoms with Crippen molar-refractivity contribution in [2.24, 2.45) is 0 Å². The van der Waals surface area contributed by atoms with E-state index in [1.54, 1.807) is 12.1 Å². The fourth-order valence-corrected chi connectivity index (χ4v) is 3.41. The average Bonchev–Trinajstić information content (AvgIpc) is 3.16. The van der Waals surface area contributed by atoms with Crippen LogP contribution in [0.25, 0.3) is 11.4 Å². The molecule has 0 spiro atoms. The molecule has 0 aliphatic carbocycles. The van der Waals surface area contributed by atoms with Gasteiger partial charge in [0, 0.05) is 17.7 Å². The number of nitrogens with one attached hydrogen (secondary N) is 1. The third kappa shape index (κ3) is 2.42. The largest absolute Gasteiger partial charge is 0.304 e. The van der Waals surface area contributed by atoms with Gasteiger partial charge in [0.15, 0.2) is 5.82 Å². The normalized spacial score (nSPS) is 15.9. The summed E-state index contributed by atoms with van der Waals surface area (Å²) in [6.45, 7) is 0. The molecule has 0 radical (unpaired) electrons. The van der Waals surface area contributed by atoms with Crippen molar-refractivity contribution in [2.75, 3.05) is 5.43 Å². The number of fused-ring (bicyclic) bond motifs is 1. The number of nitrogens with zero attached hydrogens (tertiary/aromatic N) is 4. The van der Waals surface area contributed by atoms with Crippen molar-refractivity contribution in [3.05, 3.63) is 70.3 Å². The highest BCUT2D eigenvalue weighted by atomic mass is 32.2. The van der Waals surface area contributed by atoms with Crippen LogP contribution in [-0.2, 0) is 0 Å². The molecule has 3 aromatic rings. The zero-order valence-electron chi connectivity index (χ0n) is 11.8. The maximum atomic E-state index is 10.9. The molecule has 23 heavy (non-hydrogen) atoms. The number of thioether (sulfide) groups is 1. The van der Waals surface area contributed by atoms with Gasteiger partial charge in [-0.1, -0.05) is 54.2 Å². The summed E-state index contributed by atoms with van der Waals surface area (Å²) < 4.78 is 1.82. The Kier molecular flexibility index (Phi) is 3.23. The first-order valence-electron chi connectivity index (χ1n) is 6.91. The second kappa shape index (κ2) is 5.40. The molecular weight excluding hydrogens is 314 g/mol. The number of non-ortho nitro benzene ring substituents is 1. The van der Waals surface area contributed by atoms with Gasteiger partial charge in [0.05, 0.1) is 4.92 Å². The second-order valence-electron chi connectivity index (χ2n) is 4.99. The summed E-state index contributed by atoms with van der Waals surface area (Å²) in [5.74, 6) is 0.723. The Morgan fingerprint density at radius 3 is 2.74 bits per heavy atom. The Balaban J connectivity index is 1.65. The minimum Gasteiger partial charge on any atom is -0.304 e. The molecule has 114 valence electrons. The van der Waals surface area contributed by atoms with Crippen molar-refractivity contribution in [3.63, 3.8) is 0 Å². The Morgan fingerprint density at radius 1 is 1.13 bits per heavy atom. The molecule has 0 saturated carbocycles. The van der Waals surface area contributed by atoms with Crippen molar-refractivity contribution in [3.8, 4) is 11.4 Å². The third-order valence-corrected chi connectivity index (χ3v) is 4.61. The molecule has 2 heterocycles. The number of nitro groups is 1. The summed E-state index contributed by atoms with van der Waals surface area (Å²) in [7, 11) is 0. The lowest BCUT2D eigenvalue weighted by atomic mass is 10.2. The van der Waals surface area contributed by atoms with Gasteiger partial charge in [0.2, 0.25) is 5.16 Å². The molecule has 1 aromatic heterocycles. The zero-order valence-corrected chi connectivity index (χ0v) is 12.6. The molecule has 4 rings (SSSR count). The highest BCUT2D eigenvalue weighted by Crippen LogP contribution is 2.40. The molecule has 1 atom stereocenters. The van der Waals surface area contributed by atoms with Gasteiger partial charge in [-0.05, 0) is 5.56 Å². The van der Waals surface area contributed by atoms with E-state index in [0.29, 0.717) is 0 Å². The van der Waals surface area contributed by atoms with Gasteiger partial charge >= 0.3 is 0 Å². The van der Waals surface area contributed by atoms with Gasteiger partial charge in [0.1, 0.15) is 5.37 Å². The van der Waals surface area contributed by atoms with Crippen molar-refractivity contribution in [2.45, 2.75) is 10.5 Å². The Labute approximate surface area is 135 Å². The maximum absolute atomic E-state index is 10.9. The molecule has 7 nitrogen and oxygen atoms in total. The van der Waals surface area contributed by atoms with E-state index < -0.39 is 4.92 Å². The van der Waals surface area contributed by atoms with Crippen LogP contribution in [0.2, 0.25) is 0 Å². The summed E-state index contributed by atoms with van der Waals surface area (Å²) in [6.07, 6.45) is 0. The van der Waals surface area contributed by atoms with Crippen LogP contribution in [0.5, 0.6) is 0 Å². The van der Waals surface area contributed by atoms with E-state index in [2.05, 4.69) is 15.6 Å². The van der Waals surface area contributed by atoms with Crippen LogP contribution < -0.4 is 5.43 Å². The quantitative estimate of drug-likeness (QED) is 0.588. The second-order valence-corrected chi connectivity index (χ2v) is 6.06. The topological polar surface area (TPSA) is 85.9 Å². The SMILES string of the molecule is O=[N+]([O-])c1cccc([C@@H]2Nn3c(nnc3-c3ccccc3)S2)c1. The highest BCUT2D eigenvalue weighted by molar-refractivity contribution is 7.99. The van der Waals surface area contributed by atoms with Gasteiger partial charge in [-0.15, -0.1) is 10.2 Å². The van der Waals surface area contributed by atoms with Gasteiger partial charge in [-0.2, -0.15) is 0 Å². The zero-order chi connectivity index (χ0) is 15.8. The van der Waals surface area contributed by atoms with E-state index in [-0.39, 0.29) is 11.1 Å².